The maximum absolute atomic E-state index is 11.8. The molecule has 1 aromatic heterocycles. The number of para-hydroxylation sites is 1. The monoisotopic (exact) mass is 301 g/mol. The number of nitrogens with zero attached hydrogens (tertiary/aromatic N) is 1. The number of benzene rings is 1. The van der Waals surface area contributed by atoms with E-state index in [1.807, 2.05) is 6.07 Å². The number of nitriles is 1. The van der Waals surface area contributed by atoms with E-state index in [0.29, 0.717) is 16.3 Å². The predicted octanol–water partition coefficient (Wildman–Crippen LogP) is 1.74. The summed E-state index contributed by atoms with van der Waals surface area (Å²) in [7, 11) is 0. The zero-order chi connectivity index (χ0) is 15.2. The number of carbonyl (C=O) groups is 2. The van der Waals surface area contributed by atoms with Crippen LogP contribution < -0.4 is 15.8 Å². The van der Waals surface area contributed by atoms with E-state index in [4.69, 9.17) is 15.7 Å². The van der Waals surface area contributed by atoms with Gasteiger partial charge in [0.1, 0.15) is 16.8 Å². The van der Waals surface area contributed by atoms with Gasteiger partial charge in [0.25, 0.3) is 11.8 Å². The third kappa shape index (κ3) is 3.58. The van der Waals surface area contributed by atoms with Crippen molar-refractivity contribution in [2.75, 3.05) is 11.9 Å². The van der Waals surface area contributed by atoms with Gasteiger partial charge >= 0.3 is 0 Å². The predicted molar refractivity (Wildman–Crippen MR) is 78.1 cm³/mol. The van der Waals surface area contributed by atoms with E-state index < -0.39 is 11.8 Å². The van der Waals surface area contributed by atoms with E-state index in [-0.39, 0.29) is 12.2 Å². The van der Waals surface area contributed by atoms with Crippen LogP contribution in [0.2, 0.25) is 0 Å². The quantitative estimate of drug-likeness (QED) is 0.877. The molecule has 3 N–H and O–H groups in total. The Bertz CT molecular complexity index is 718. The fourth-order valence-electron chi connectivity index (χ4n) is 1.59. The second kappa shape index (κ2) is 6.54. The molecular weight excluding hydrogens is 290 g/mol. The molecule has 1 heterocycles. The van der Waals surface area contributed by atoms with Crippen LogP contribution in [0.25, 0.3) is 0 Å². The first-order valence-corrected chi connectivity index (χ1v) is 6.79. The molecule has 0 saturated heterocycles. The van der Waals surface area contributed by atoms with Crippen molar-refractivity contribution >= 4 is 28.2 Å². The highest BCUT2D eigenvalue weighted by Gasteiger charge is 2.13. The van der Waals surface area contributed by atoms with Crippen molar-refractivity contribution in [3.05, 3.63) is 46.8 Å². The van der Waals surface area contributed by atoms with Gasteiger partial charge in [0.15, 0.2) is 6.61 Å². The van der Waals surface area contributed by atoms with Crippen molar-refractivity contribution in [1.29, 1.82) is 5.26 Å². The third-order valence-electron chi connectivity index (χ3n) is 2.55. The normalized spacial score (nSPS) is 9.67. The van der Waals surface area contributed by atoms with E-state index in [2.05, 4.69) is 5.32 Å². The molecule has 0 atom stereocenters. The number of rotatable bonds is 5. The third-order valence-corrected chi connectivity index (χ3v) is 3.38. The minimum absolute atomic E-state index is 0.255. The Morgan fingerprint density at radius 3 is 2.81 bits per heavy atom. The molecule has 0 aliphatic rings. The molecule has 6 nitrogen and oxygen atoms in total. The summed E-state index contributed by atoms with van der Waals surface area (Å²) in [5.74, 6) is -0.716. The highest BCUT2D eigenvalue weighted by atomic mass is 32.1. The number of nitrogens with one attached hydrogen (secondary N) is 1. The molecule has 106 valence electrons. The Balaban J connectivity index is 1.98. The lowest BCUT2D eigenvalue weighted by Gasteiger charge is -2.08. The molecule has 0 radical (unpaired) electrons. The molecule has 0 aliphatic carbocycles. The van der Waals surface area contributed by atoms with Crippen LogP contribution in [0.4, 0.5) is 5.00 Å². The Kier molecular flexibility index (Phi) is 4.53. The summed E-state index contributed by atoms with van der Waals surface area (Å²) >= 11 is 1.19. The average Bonchev–Trinajstić information content (AvgIpc) is 2.93. The second-order valence-corrected chi connectivity index (χ2v) is 4.89. The van der Waals surface area contributed by atoms with Gasteiger partial charge in [-0.2, -0.15) is 5.26 Å². The summed E-state index contributed by atoms with van der Waals surface area (Å²) in [5, 5.41) is 13.5. The number of thiophene rings is 1. The van der Waals surface area contributed by atoms with Gasteiger partial charge in [-0.25, -0.2) is 0 Å². The highest BCUT2D eigenvalue weighted by molar-refractivity contribution is 7.14. The van der Waals surface area contributed by atoms with Gasteiger partial charge in [0.05, 0.1) is 11.1 Å². The molecule has 0 aliphatic heterocycles. The summed E-state index contributed by atoms with van der Waals surface area (Å²) in [5.41, 5.74) is 5.79. The molecule has 7 heteroatoms. The Labute approximate surface area is 124 Å². The summed E-state index contributed by atoms with van der Waals surface area (Å²) < 4.78 is 5.29. The van der Waals surface area contributed by atoms with E-state index in [9.17, 15) is 9.59 Å². The smallest absolute Gasteiger partial charge is 0.262 e. The van der Waals surface area contributed by atoms with E-state index in [1.165, 1.54) is 17.4 Å². The van der Waals surface area contributed by atoms with Crippen LogP contribution in [0.3, 0.4) is 0 Å². The van der Waals surface area contributed by atoms with Crippen molar-refractivity contribution in [2.45, 2.75) is 0 Å². The standard InChI is InChI=1S/C14H11N3O3S/c15-7-9-3-1-2-4-11(9)20-8-12(18)17-14-10(13(16)19)5-6-21-14/h1-6H,8H2,(H2,16,19)(H,17,18). The van der Waals surface area contributed by atoms with Gasteiger partial charge in [0, 0.05) is 0 Å². The van der Waals surface area contributed by atoms with E-state index >= 15 is 0 Å². The maximum atomic E-state index is 11.8. The fourth-order valence-corrected chi connectivity index (χ4v) is 2.40. The molecule has 2 rings (SSSR count). The van der Waals surface area contributed by atoms with Gasteiger partial charge in [-0.1, -0.05) is 12.1 Å². The van der Waals surface area contributed by atoms with Gasteiger partial charge in [-0.05, 0) is 23.6 Å². The maximum Gasteiger partial charge on any atom is 0.262 e. The van der Waals surface area contributed by atoms with Crippen molar-refractivity contribution in [2.24, 2.45) is 5.73 Å². The van der Waals surface area contributed by atoms with Gasteiger partial charge < -0.3 is 15.8 Å². The Hall–Kier alpha value is -2.85. The molecule has 0 bridgehead atoms. The highest BCUT2D eigenvalue weighted by Crippen LogP contribution is 2.22. The van der Waals surface area contributed by atoms with Crippen molar-refractivity contribution in [3.8, 4) is 11.8 Å². The van der Waals surface area contributed by atoms with Gasteiger partial charge in [-0.3, -0.25) is 9.59 Å². The number of anilines is 1. The van der Waals surface area contributed by atoms with Crippen LogP contribution in [-0.4, -0.2) is 18.4 Å². The average molecular weight is 301 g/mol. The number of ether oxygens (including phenoxy) is 1. The van der Waals surface area contributed by atoms with Gasteiger partial charge in [-0.15, -0.1) is 11.3 Å². The topological polar surface area (TPSA) is 105 Å². The van der Waals surface area contributed by atoms with E-state index in [0.717, 1.165) is 0 Å². The molecule has 0 saturated carbocycles. The number of primary amides is 1. The lowest BCUT2D eigenvalue weighted by atomic mass is 10.2. The minimum Gasteiger partial charge on any atom is -0.482 e. The SMILES string of the molecule is N#Cc1ccccc1OCC(=O)Nc1sccc1C(N)=O. The first-order chi connectivity index (χ1) is 10.1. The molecular formula is C14H11N3O3S. The number of amides is 2. The summed E-state index contributed by atoms with van der Waals surface area (Å²) in [4.78, 5) is 22.9. The molecule has 1 aromatic carbocycles. The number of hydrogen-bond acceptors (Lipinski definition) is 5. The van der Waals surface area contributed by atoms with Crippen molar-refractivity contribution in [1.82, 2.24) is 0 Å². The molecule has 2 amide bonds. The van der Waals surface area contributed by atoms with Gasteiger partial charge in [0.2, 0.25) is 0 Å². The zero-order valence-corrected chi connectivity index (χ0v) is 11.6. The number of nitrogens with two attached hydrogens (primary N) is 1. The molecule has 0 unspecified atom stereocenters. The van der Waals surface area contributed by atoms with Crippen molar-refractivity contribution < 1.29 is 14.3 Å². The summed E-state index contributed by atoms with van der Waals surface area (Å²) in [6.07, 6.45) is 0. The molecule has 2 aromatic rings. The number of carbonyl (C=O) groups excluding carboxylic acids is 2. The summed E-state index contributed by atoms with van der Waals surface area (Å²) in [6, 6.07) is 10.1. The first kappa shape index (κ1) is 14.6. The second-order valence-electron chi connectivity index (χ2n) is 3.97. The van der Waals surface area contributed by atoms with E-state index in [1.54, 1.807) is 29.6 Å². The molecule has 0 spiro atoms. The Morgan fingerprint density at radius 1 is 1.33 bits per heavy atom. The fraction of sp³-hybridized carbons (Fsp3) is 0.0714. The largest absolute Gasteiger partial charge is 0.482 e. The lowest BCUT2D eigenvalue weighted by Crippen LogP contribution is -2.22. The lowest BCUT2D eigenvalue weighted by molar-refractivity contribution is -0.118. The zero-order valence-electron chi connectivity index (χ0n) is 10.8. The Morgan fingerprint density at radius 2 is 2.10 bits per heavy atom. The summed E-state index contributed by atoms with van der Waals surface area (Å²) in [6.45, 7) is -0.269. The van der Waals surface area contributed by atoms with Crippen LogP contribution in [0.1, 0.15) is 15.9 Å². The molecule has 21 heavy (non-hydrogen) atoms. The number of hydrogen-bond donors (Lipinski definition) is 2. The van der Waals surface area contributed by atoms with Crippen LogP contribution >= 0.6 is 11.3 Å². The van der Waals surface area contributed by atoms with Crippen LogP contribution in [-0.2, 0) is 4.79 Å². The van der Waals surface area contributed by atoms with Crippen LogP contribution in [0.15, 0.2) is 35.7 Å². The molecule has 0 fully saturated rings. The minimum atomic E-state index is -0.609. The van der Waals surface area contributed by atoms with Crippen LogP contribution in [0.5, 0.6) is 5.75 Å². The van der Waals surface area contributed by atoms with Crippen LogP contribution in [0, 0.1) is 11.3 Å². The van der Waals surface area contributed by atoms with Crippen molar-refractivity contribution in [3.63, 3.8) is 0 Å². The first-order valence-electron chi connectivity index (χ1n) is 5.91.